The minimum atomic E-state index is -0.178. The highest BCUT2D eigenvalue weighted by Crippen LogP contribution is 2.06. The molecule has 1 amide bonds. The van der Waals surface area contributed by atoms with Crippen molar-refractivity contribution in [2.24, 2.45) is 0 Å². The van der Waals surface area contributed by atoms with Crippen molar-refractivity contribution in [1.29, 1.82) is 0 Å². The molecule has 4 N–H and O–H groups in total. The molecule has 0 aromatic carbocycles. The van der Waals surface area contributed by atoms with Crippen LogP contribution in [0.4, 0.5) is 0 Å². The van der Waals surface area contributed by atoms with Crippen LogP contribution < -0.4 is 21.1 Å². The summed E-state index contributed by atoms with van der Waals surface area (Å²) in [6.45, 7) is 5.50. The van der Waals surface area contributed by atoms with Crippen LogP contribution in [0.2, 0.25) is 0 Å². The first kappa shape index (κ1) is 15.2. The summed E-state index contributed by atoms with van der Waals surface area (Å²) in [6, 6.07) is 3.60. The summed E-state index contributed by atoms with van der Waals surface area (Å²) in [7, 11) is 0. The van der Waals surface area contributed by atoms with E-state index in [4.69, 9.17) is 17.0 Å². The van der Waals surface area contributed by atoms with Gasteiger partial charge in [-0.25, -0.2) is 0 Å². The lowest BCUT2D eigenvalue weighted by molar-refractivity contribution is -0.906. The van der Waals surface area contributed by atoms with Crippen LogP contribution in [-0.4, -0.2) is 50.4 Å². The SMILES string of the molecule is O=C(NNC(=S)NCC[NH+]1CCOCC1)c1cccs1. The van der Waals surface area contributed by atoms with Crippen molar-refractivity contribution in [2.75, 3.05) is 39.4 Å². The Balaban J connectivity index is 1.57. The molecule has 1 fully saturated rings. The molecule has 8 heteroatoms. The molecule has 1 aliphatic heterocycles. The quantitative estimate of drug-likeness (QED) is 0.414. The highest BCUT2D eigenvalue weighted by Gasteiger charge is 2.13. The summed E-state index contributed by atoms with van der Waals surface area (Å²) < 4.78 is 5.30. The number of amides is 1. The van der Waals surface area contributed by atoms with E-state index in [9.17, 15) is 4.79 Å². The molecule has 1 saturated heterocycles. The molecule has 0 aliphatic carbocycles. The first-order valence-corrected chi connectivity index (χ1v) is 7.83. The highest BCUT2D eigenvalue weighted by atomic mass is 32.1. The van der Waals surface area contributed by atoms with Crippen LogP contribution in [0.5, 0.6) is 0 Å². The molecule has 20 heavy (non-hydrogen) atoms. The smallest absolute Gasteiger partial charge is 0.279 e. The lowest BCUT2D eigenvalue weighted by Gasteiger charge is -2.24. The van der Waals surface area contributed by atoms with Gasteiger partial charge in [-0.05, 0) is 23.7 Å². The Morgan fingerprint density at radius 3 is 2.90 bits per heavy atom. The normalized spacial score (nSPS) is 15.6. The summed E-state index contributed by atoms with van der Waals surface area (Å²) in [5.41, 5.74) is 5.27. The number of quaternary nitrogens is 1. The number of hydrogen-bond acceptors (Lipinski definition) is 4. The third-order valence-corrected chi connectivity index (χ3v) is 4.11. The van der Waals surface area contributed by atoms with Gasteiger partial charge in [0.25, 0.3) is 5.91 Å². The Morgan fingerprint density at radius 2 is 2.20 bits per heavy atom. The van der Waals surface area contributed by atoms with Gasteiger partial charge < -0.3 is 15.0 Å². The van der Waals surface area contributed by atoms with Crippen molar-refractivity contribution in [2.45, 2.75) is 0 Å². The van der Waals surface area contributed by atoms with Crippen molar-refractivity contribution in [3.05, 3.63) is 22.4 Å². The Morgan fingerprint density at radius 1 is 1.40 bits per heavy atom. The van der Waals surface area contributed by atoms with E-state index in [0.717, 1.165) is 39.4 Å². The Hall–Kier alpha value is -1.22. The molecule has 1 aliphatic rings. The van der Waals surface area contributed by atoms with E-state index in [1.807, 2.05) is 11.4 Å². The van der Waals surface area contributed by atoms with Crippen LogP contribution in [0.25, 0.3) is 0 Å². The van der Waals surface area contributed by atoms with Gasteiger partial charge >= 0.3 is 0 Å². The van der Waals surface area contributed by atoms with Gasteiger partial charge in [0.1, 0.15) is 13.1 Å². The van der Waals surface area contributed by atoms with E-state index >= 15 is 0 Å². The number of nitrogens with one attached hydrogen (secondary N) is 4. The van der Waals surface area contributed by atoms with Gasteiger partial charge in [0, 0.05) is 0 Å². The molecule has 110 valence electrons. The molecule has 2 rings (SSSR count). The largest absolute Gasteiger partial charge is 0.370 e. The number of hydrogen-bond donors (Lipinski definition) is 4. The zero-order chi connectivity index (χ0) is 14.2. The van der Waals surface area contributed by atoms with E-state index < -0.39 is 0 Å². The zero-order valence-electron chi connectivity index (χ0n) is 11.1. The average molecular weight is 315 g/mol. The third-order valence-electron chi connectivity index (χ3n) is 3.00. The third kappa shape index (κ3) is 5.04. The molecule has 0 spiro atoms. The minimum Gasteiger partial charge on any atom is -0.370 e. The second kappa shape index (κ2) is 8.15. The van der Waals surface area contributed by atoms with Gasteiger partial charge in [-0.1, -0.05) is 6.07 Å². The Labute approximate surface area is 127 Å². The van der Waals surface area contributed by atoms with Crippen molar-refractivity contribution in [3.63, 3.8) is 0 Å². The molecule has 0 atom stereocenters. The van der Waals surface area contributed by atoms with Crippen molar-refractivity contribution in [1.82, 2.24) is 16.2 Å². The monoisotopic (exact) mass is 315 g/mol. The Bertz CT molecular complexity index is 433. The number of ether oxygens (including phenoxy) is 1. The maximum Gasteiger partial charge on any atom is 0.279 e. The number of morpholine rings is 1. The number of hydrazine groups is 1. The van der Waals surface area contributed by atoms with E-state index in [0.29, 0.717) is 9.99 Å². The van der Waals surface area contributed by atoms with Crippen LogP contribution in [0.3, 0.4) is 0 Å². The fraction of sp³-hybridized carbons (Fsp3) is 0.500. The first-order valence-electron chi connectivity index (χ1n) is 6.54. The zero-order valence-corrected chi connectivity index (χ0v) is 12.7. The van der Waals surface area contributed by atoms with Crippen LogP contribution in [0, 0.1) is 0 Å². The van der Waals surface area contributed by atoms with E-state index in [2.05, 4.69) is 16.2 Å². The maximum atomic E-state index is 11.7. The van der Waals surface area contributed by atoms with E-state index in [1.165, 1.54) is 16.2 Å². The number of carbonyl (C=O) groups excluding carboxylic acids is 1. The summed E-state index contributed by atoms with van der Waals surface area (Å²) in [6.07, 6.45) is 0. The van der Waals surface area contributed by atoms with Crippen LogP contribution in [0.1, 0.15) is 9.67 Å². The van der Waals surface area contributed by atoms with Gasteiger partial charge in [-0.2, -0.15) is 0 Å². The van der Waals surface area contributed by atoms with E-state index in [-0.39, 0.29) is 5.91 Å². The molecular weight excluding hydrogens is 296 g/mol. The highest BCUT2D eigenvalue weighted by molar-refractivity contribution is 7.80. The van der Waals surface area contributed by atoms with Crippen molar-refractivity contribution < 1.29 is 14.4 Å². The molecule has 0 saturated carbocycles. The van der Waals surface area contributed by atoms with Crippen molar-refractivity contribution >= 4 is 34.6 Å². The maximum absolute atomic E-state index is 11.7. The Kier molecular flexibility index (Phi) is 6.19. The molecule has 1 aromatic heterocycles. The molecule has 1 aromatic rings. The molecule has 0 unspecified atom stereocenters. The summed E-state index contributed by atoms with van der Waals surface area (Å²) in [4.78, 5) is 13.8. The van der Waals surface area contributed by atoms with Gasteiger partial charge in [0.2, 0.25) is 0 Å². The average Bonchev–Trinajstić information content (AvgIpc) is 3.00. The van der Waals surface area contributed by atoms with Crippen LogP contribution in [-0.2, 0) is 4.74 Å². The second-order valence-corrected chi connectivity index (χ2v) is 5.78. The topological polar surface area (TPSA) is 66.8 Å². The van der Waals surface area contributed by atoms with Crippen LogP contribution in [0.15, 0.2) is 17.5 Å². The standard InChI is InChI=1S/C12H18N4O2S2/c17-11(10-2-1-9-20-10)14-15-12(19)13-3-4-16-5-7-18-8-6-16/h1-2,9H,3-8H2,(H,14,17)(H2,13,15,19)/p+1. The molecule has 6 nitrogen and oxygen atoms in total. The summed E-state index contributed by atoms with van der Waals surface area (Å²) >= 11 is 6.49. The fourth-order valence-electron chi connectivity index (χ4n) is 1.89. The predicted octanol–water partition coefficient (Wildman–Crippen LogP) is -1.23. The van der Waals surface area contributed by atoms with Crippen LogP contribution >= 0.6 is 23.6 Å². The number of thiocarbonyl (C=S) groups is 1. The van der Waals surface area contributed by atoms with Gasteiger partial charge in [-0.15, -0.1) is 11.3 Å². The second-order valence-electron chi connectivity index (χ2n) is 4.42. The number of carbonyl (C=O) groups is 1. The fourth-order valence-corrected chi connectivity index (χ4v) is 2.66. The summed E-state index contributed by atoms with van der Waals surface area (Å²) in [5, 5.41) is 5.37. The number of rotatable bonds is 4. The lowest BCUT2D eigenvalue weighted by atomic mass is 10.4. The first-order chi connectivity index (χ1) is 9.75. The van der Waals surface area contributed by atoms with E-state index in [1.54, 1.807) is 6.07 Å². The molecule has 0 bridgehead atoms. The summed E-state index contributed by atoms with van der Waals surface area (Å²) in [5.74, 6) is -0.178. The minimum absolute atomic E-state index is 0.178. The van der Waals surface area contributed by atoms with Gasteiger partial charge in [0.05, 0.1) is 31.2 Å². The van der Waals surface area contributed by atoms with Gasteiger partial charge in [-0.3, -0.25) is 15.6 Å². The number of thiophene rings is 1. The lowest BCUT2D eigenvalue weighted by Crippen LogP contribution is -3.14. The van der Waals surface area contributed by atoms with Gasteiger partial charge in [0.15, 0.2) is 5.11 Å². The molecule has 0 radical (unpaired) electrons. The predicted molar refractivity (Wildman–Crippen MR) is 81.9 cm³/mol. The van der Waals surface area contributed by atoms with Crippen molar-refractivity contribution in [3.8, 4) is 0 Å². The molecule has 2 heterocycles. The molecular formula is C12H19N4O2S2+.